The molecule has 1 aromatic heterocycles. The van der Waals surface area contributed by atoms with Crippen molar-refractivity contribution < 1.29 is 13.9 Å². The van der Waals surface area contributed by atoms with Gasteiger partial charge in [0.15, 0.2) is 0 Å². The number of alkyl carbamates (subject to hydrolysis) is 1. The summed E-state index contributed by atoms with van der Waals surface area (Å²) in [6, 6.07) is 2.81. The van der Waals surface area contributed by atoms with Crippen molar-refractivity contribution in [3.05, 3.63) is 24.1 Å². The van der Waals surface area contributed by atoms with Gasteiger partial charge in [-0.15, -0.1) is 0 Å². The molecule has 2 heterocycles. The third-order valence-electron chi connectivity index (χ3n) is 3.58. The van der Waals surface area contributed by atoms with E-state index in [1.165, 1.54) is 18.3 Å². The van der Waals surface area contributed by atoms with Gasteiger partial charge in [-0.1, -0.05) is 0 Å². The zero-order valence-corrected chi connectivity index (χ0v) is 13.4. The van der Waals surface area contributed by atoms with E-state index in [1.807, 2.05) is 20.8 Å². The van der Waals surface area contributed by atoms with Crippen molar-refractivity contribution >= 4 is 11.9 Å². The van der Waals surface area contributed by atoms with Crippen molar-refractivity contribution in [2.75, 3.05) is 24.5 Å². The van der Waals surface area contributed by atoms with Gasteiger partial charge >= 0.3 is 6.09 Å². The van der Waals surface area contributed by atoms with Crippen molar-refractivity contribution in [3.8, 4) is 0 Å². The molecule has 0 saturated carbocycles. The van der Waals surface area contributed by atoms with Gasteiger partial charge in [0, 0.05) is 31.9 Å². The number of ether oxygens (including phenoxy) is 1. The predicted molar refractivity (Wildman–Crippen MR) is 83.4 cm³/mol. The van der Waals surface area contributed by atoms with Gasteiger partial charge in [0.2, 0.25) is 0 Å². The lowest BCUT2D eigenvalue weighted by Gasteiger charge is -2.33. The van der Waals surface area contributed by atoms with Crippen molar-refractivity contribution in [1.82, 2.24) is 10.3 Å². The van der Waals surface area contributed by atoms with E-state index in [0.717, 1.165) is 25.9 Å². The second kappa shape index (κ2) is 6.94. The van der Waals surface area contributed by atoms with E-state index in [9.17, 15) is 9.18 Å². The van der Waals surface area contributed by atoms with E-state index >= 15 is 0 Å². The first-order valence-electron chi connectivity index (χ1n) is 7.67. The van der Waals surface area contributed by atoms with Crippen LogP contribution in [0.4, 0.5) is 15.0 Å². The summed E-state index contributed by atoms with van der Waals surface area (Å²) < 4.78 is 18.4. The molecule has 0 unspecified atom stereocenters. The maximum absolute atomic E-state index is 13.2. The highest BCUT2D eigenvalue weighted by Crippen LogP contribution is 2.21. The maximum atomic E-state index is 13.2. The van der Waals surface area contributed by atoms with Crippen LogP contribution in [0.5, 0.6) is 0 Å². The Morgan fingerprint density at radius 1 is 1.45 bits per heavy atom. The Labute approximate surface area is 130 Å². The Balaban J connectivity index is 1.74. The molecule has 1 fully saturated rings. The van der Waals surface area contributed by atoms with E-state index < -0.39 is 5.60 Å². The quantitative estimate of drug-likeness (QED) is 0.932. The molecule has 0 atom stereocenters. The zero-order valence-electron chi connectivity index (χ0n) is 13.4. The first kappa shape index (κ1) is 16.5. The number of aromatic nitrogens is 1. The minimum Gasteiger partial charge on any atom is -0.444 e. The van der Waals surface area contributed by atoms with E-state index in [0.29, 0.717) is 18.3 Å². The Kier molecular flexibility index (Phi) is 5.21. The van der Waals surface area contributed by atoms with Crippen LogP contribution in [0.25, 0.3) is 0 Å². The van der Waals surface area contributed by atoms with Crippen LogP contribution in [-0.2, 0) is 4.74 Å². The molecular formula is C16H24FN3O2. The lowest BCUT2D eigenvalue weighted by molar-refractivity contribution is 0.0517. The number of hydrogen-bond acceptors (Lipinski definition) is 4. The third-order valence-corrected chi connectivity index (χ3v) is 3.58. The topological polar surface area (TPSA) is 54.5 Å². The van der Waals surface area contributed by atoms with Crippen molar-refractivity contribution in [2.45, 2.75) is 39.2 Å². The Bertz CT molecular complexity index is 508. The fourth-order valence-corrected chi connectivity index (χ4v) is 2.47. The molecule has 1 aliphatic rings. The van der Waals surface area contributed by atoms with Crippen molar-refractivity contribution in [3.63, 3.8) is 0 Å². The molecule has 1 aliphatic heterocycles. The molecule has 1 saturated heterocycles. The van der Waals surface area contributed by atoms with Crippen molar-refractivity contribution in [1.29, 1.82) is 0 Å². The van der Waals surface area contributed by atoms with Crippen LogP contribution >= 0.6 is 0 Å². The van der Waals surface area contributed by atoms with Crippen molar-refractivity contribution in [2.24, 2.45) is 5.92 Å². The smallest absolute Gasteiger partial charge is 0.407 e. The van der Waals surface area contributed by atoms with Crippen LogP contribution in [0.1, 0.15) is 33.6 Å². The molecule has 5 nitrogen and oxygen atoms in total. The van der Waals surface area contributed by atoms with Crippen LogP contribution in [-0.4, -0.2) is 36.3 Å². The average molecular weight is 309 g/mol. The number of anilines is 1. The Morgan fingerprint density at radius 2 is 2.14 bits per heavy atom. The van der Waals surface area contributed by atoms with Crippen LogP contribution in [0, 0.1) is 11.7 Å². The van der Waals surface area contributed by atoms with Gasteiger partial charge < -0.3 is 15.0 Å². The first-order valence-corrected chi connectivity index (χ1v) is 7.67. The lowest BCUT2D eigenvalue weighted by Crippen LogP contribution is -2.40. The molecule has 0 spiro atoms. The van der Waals surface area contributed by atoms with Gasteiger partial charge in [-0.05, 0) is 45.6 Å². The SMILES string of the molecule is CC(C)(C)OC(=O)NCC1CCN(c2cc(F)ccn2)CC1. The normalized spacial score (nSPS) is 16.5. The number of halogens is 1. The molecule has 0 aliphatic carbocycles. The second-order valence-corrected chi connectivity index (χ2v) is 6.65. The average Bonchev–Trinajstić information content (AvgIpc) is 2.44. The fraction of sp³-hybridized carbons (Fsp3) is 0.625. The number of carbonyl (C=O) groups excluding carboxylic acids is 1. The number of carbonyl (C=O) groups is 1. The number of pyridine rings is 1. The monoisotopic (exact) mass is 309 g/mol. The highest BCUT2D eigenvalue weighted by molar-refractivity contribution is 5.67. The van der Waals surface area contributed by atoms with Gasteiger partial charge in [0.25, 0.3) is 0 Å². The summed E-state index contributed by atoms with van der Waals surface area (Å²) in [5.74, 6) is 0.828. The second-order valence-electron chi connectivity index (χ2n) is 6.65. The van der Waals surface area contributed by atoms with E-state index in [1.54, 1.807) is 0 Å². The summed E-state index contributed by atoms with van der Waals surface area (Å²) in [7, 11) is 0. The number of amides is 1. The molecule has 122 valence electrons. The number of hydrogen-bond donors (Lipinski definition) is 1. The standard InChI is InChI=1S/C16H24FN3O2/c1-16(2,3)22-15(21)19-11-12-5-8-20(9-6-12)14-10-13(17)4-7-18-14/h4,7,10,12H,5-6,8-9,11H2,1-3H3,(H,19,21). The van der Waals surface area contributed by atoms with Gasteiger partial charge in [-0.3, -0.25) is 0 Å². The molecule has 1 aromatic rings. The highest BCUT2D eigenvalue weighted by Gasteiger charge is 2.22. The van der Waals surface area contributed by atoms with Crippen LogP contribution < -0.4 is 10.2 Å². The summed E-state index contributed by atoms with van der Waals surface area (Å²) in [5.41, 5.74) is -0.476. The zero-order chi connectivity index (χ0) is 16.2. The predicted octanol–water partition coefficient (Wildman–Crippen LogP) is 2.96. The summed E-state index contributed by atoms with van der Waals surface area (Å²) in [6.45, 7) is 7.78. The van der Waals surface area contributed by atoms with E-state index in [4.69, 9.17) is 4.74 Å². The van der Waals surface area contributed by atoms with Crippen LogP contribution in [0.15, 0.2) is 18.3 Å². The van der Waals surface area contributed by atoms with Gasteiger partial charge in [0.05, 0.1) is 0 Å². The number of rotatable bonds is 3. The Morgan fingerprint density at radius 3 is 2.73 bits per heavy atom. The van der Waals surface area contributed by atoms with Gasteiger partial charge in [0.1, 0.15) is 17.2 Å². The van der Waals surface area contributed by atoms with E-state index in [-0.39, 0.29) is 11.9 Å². The molecule has 6 heteroatoms. The third kappa shape index (κ3) is 5.16. The molecule has 1 N–H and O–H groups in total. The number of nitrogens with zero attached hydrogens (tertiary/aromatic N) is 2. The largest absolute Gasteiger partial charge is 0.444 e. The number of piperidine rings is 1. The molecule has 0 aromatic carbocycles. The highest BCUT2D eigenvalue weighted by atomic mass is 19.1. The van der Waals surface area contributed by atoms with Crippen LogP contribution in [0.3, 0.4) is 0 Å². The Hall–Kier alpha value is -1.85. The van der Waals surface area contributed by atoms with Crippen LogP contribution in [0.2, 0.25) is 0 Å². The maximum Gasteiger partial charge on any atom is 0.407 e. The summed E-state index contributed by atoms with van der Waals surface area (Å²) in [5, 5.41) is 2.82. The van der Waals surface area contributed by atoms with Gasteiger partial charge in [-0.2, -0.15) is 0 Å². The molecule has 0 bridgehead atoms. The summed E-state index contributed by atoms with van der Waals surface area (Å²) in [4.78, 5) is 17.9. The molecule has 22 heavy (non-hydrogen) atoms. The molecule has 2 rings (SSSR count). The fourth-order valence-electron chi connectivity index (χ4n) is 2.47. The minimum absolute atomic E-state index is 0.265. The van der Waals surface area contributed by atoms with E-state index in [2.05, 4.69) is 15.2 Å². The van der Waals surface area contributed by atoms with Gasteiger partial charge in [-0.25, -0.2) is 14.2 Å². The lowest BCUT2D eigenvalue weighted by atomic mass is 9.97. The number of nitrogens with one attached hydrogen (secondary N) is 1. The summed E-state index contributed by atoms with van der Waals surface area (Å²) >= 11 is 0. The molecule has 1 amide bonds. The molecular weight excluding hydrogens is 285 g/mol. The minimum atomic E-state index is -0.476. The summed E-state index contributed by atoms with van der Waals surface area (Å²) in [6.07, 6.45) is 2.99. The molecule has 0 radical (unpaired) electrons. The first-order chi connectivity index (χ1) is 10.3.